The van der Waals surface area contributed by atoms with Crippen LogP contribution < -0.4 is 0 Å². The van der Waals surface area contributed by atoms with Crippen LogP contribution in [0.3, 0.4) is 0 Å². The molecule has 1 aromatic rings. The molecule has 2 N–H and O–H groups in total. The molecule has 4 nitrogen and oxygen atoms in total. The number of benzene rings is 1. The van der Waals surface area contributed by atoms with Crippen LogP contribution in [0.15, 0.2) is 24.3 Å². The van der Waals surface area contributed by atoms with E-state index in [1.54, 1.807) is 24.3 Å². The molecule has 0 unspecified atom stereocenters. The van der Waals surface area contributed by atoms with E-state index in [2.05, 4.69) is 63.7 Å². The molecule has 1 aromatic carbocycles. The van der Waals surface area contributed by atoms with Gasteiger partial charge < -0.3 is 10.2 Å². The van der Waals surface area contributed by atoms with Crippen molar-refractivity contribution in [3.05, 3.63) is 35.4 Å². The average molecular weight is 538 g/mol. The summed E-state index contributed by atoms with van der Waals surface area (Å²) in [6.07, 6.45) is 0. The predicted octanol–water partition coefficient (Wildman–Crippen LogP) is 4.25. The van der Waals surface area contributed by atoms with Gasteiger partial charge in [0.15, 0.2) is 0 Å². The summed E-state index contributed by atoms with van der Waals surface area (Å²) < 4.78 is 0. The van der Waals surface area contributed by atoms with Crippen molar-refractivity contribution in [1.29, 1.82) is 0 Å². The van der Waals surface area contributed by atoms with Crippen molar-refractivity contribution in [3.63, 3.8) is 0 Å². The van der Waals surface area contributed by atoms with E-state index < -0.39 is 21.6 Å². The largest absolute Gasteiger partial charge is 0.480 e. The van der Waals surface area contributed by atoms with Crippen molar-refractivity contribution < 1.29 is 19.8 Å². The zero-order chi connectivity index (χ0) is 15.4. The highest BCUT2D eigenvalue weighted by Gasteiger charge is 2.26. The number of hydrogen-bond acceptors (Lipinski definition) is 2. The third-order valence-electron chi connectivity index (χ3n) is 2.56. The summed E-state index contributed by atoms with van der Waals surface area (Å²) in [6.45, 7) is 0. The van der Waals surface area contributed by atoms with E-state index in [1.807, 2.05) is 0 Å². The fourth-order valence-corrected chi connectivity index (χ4v) is 3.13. The highest BCUT2D eigenvalue weighted by atomic mass is 79.9. The topological polar surface area (TPSA) is 74.6 Å². The van der Waals surface area contributed by atoms with Crippen molar-refractivity contribution >= 4 is 75.7 Å². The highest BCUT2D eigenvalue weighted by molar-refractivity contribution is 9.12. The first-order valence-electron chi connectivity index (χ1n) is 5.37. The Kier molecular flexibility index (Phi) is 7.17. The Hall–Kier alpha value is 0.0800. The minimum Gasteiger partial charge on any atom is -0.480 e. The van der Waals surface area contributed by atoms with Crippen molar-refractivity contribution in [2.24, 2.45) is 0 Å². The van der Waals surface area contributed by atoms with Gasteiger partial charge in [-0.3, -0.25) is 9.59 Å². The van der Waals surface area contributed by atoms with Crippen LogP contribution in [0.5, 0.6) is 0 Å². The zero-order valence-corrected chi connectivity index (χ0v) is 16.2. The van der Waals surface area contributed by atoms with Crippen LogP contribution in [0.2, 0.25) is 0 Å². The lowest BCUT2D eigenvalue weighted by atomic mass is 10.0. The summed E-state index contributed by atoms with van der Waals surface area (Å²) in [6, 6.07) is 7.06. The third kappa shape index (κ3) is 4.54. The van der Waals surface area contributed by atoms with E-state index in [9.17, 15) is 9.59 Å². The van der Waals surface area contributed by atoms with Gasteiger partial charge in [0.2, 0.25) is 0 Å². The van der Waals surface area contributed by atoms with Gasteiger partial charge in [-0.05, 0) is 11.1 Å². The number of carbonyl (C=O) groups is 2. The normalized spacial score (nSPS) is 17.0. The molecule has 0 aliphatic rings. The monoisotopic (exact) mass is 534 g/mol. The van der Waals surface area contributed by atoms with Gasteiger partial charge in [-0.1, -0.05) is 88.0 Å². The second-order valence-electron chi connectivity index (χ2n) is 3.95. The van der Waals surface area contributed by atoms with E-state index in [0.29, 0.717) is 0 Å². The number of carboxylic acids is 2. The molecular formula is C12H10Br4O4. The second-order valence-corrected chi connectivity index (χ2v) is 7.90. The summed E-state index contributed by atoms with van der Waals surface area (Å²) in [7, 11) is 0. The van der Waals surface area contributed by atoms with Crippen LogP contribution in [0.4, 0.5) is 0 Å². The van der Waals surface area contributed by atoms with Gasteiger partial charge in [0.25, 0.3) is 0 Å². The molecule has 1 rings (SSSR count). The van der Waals surface area contributed by atoms with E-state index >= 15 is 0 Å². The molecule has 0 radical (unpaired) electrons. The molecule has 0 aliphatic heterocycles. The summed E-state index contributed by atoms with van der Waals surface area (Å²) >= 11 is 12.8. The quantitative estimate of drug-likeness (QED) is 0.532. The van der Waals surface area contributed by atoms with Gasteiger partial charge in [0.1, 0.15) is 9.65 Å². The number of rotatable bonds is 6. The Bertz CT molecular complexity index is 446. The lowest BCUT2D eigenvalue weighted by molar-refractivity contribution is -0.137. The number of aliphatic carboxylic acids is 2. The maximum absolute atomic E-state index is 10.9. The van der Waals surface area contributed by atoms with Crippen LogP contribution in [-0.4, -0.2) is 31.8 Å². The van der Waals surface area contributed by atoms with Crippen molar-refractivity contribution in [1.82, 2.24) is 0 Å². The van der Waals surface area contributed by atoms with Crippen molar-refractivity contribution in [3.8, 4) is 0 Å². The Morgan fingerprint density at radius 1 is 0.750 bits per heavy atom. The molecule has 0 fully saturated rings. The number of halogens is 4. The summed E-state index contributed by atoms with van der Waals surface area (Å²) in [5, 5.41) is 17.9. The van der Waals surface area contributed by atoms with Gasteiger partial charge in [0, 0.05) is 0 Å². The molecule has 0 aromatic heterocycles. The molecular weight excluding hydrogens is 528 g/mol. The first kappa shape index (κ1) is 18.1. The van der Waals surface area contributed by atoms with Crippen molar-refractivity contribution in [2.45, 2.75) is 19.3 Å². The number of hydrogen-bond donors (Lipinski definition) is 2. The molecule has 0 amide bonds. The molecule has 0 aliphatic carbocycles. The Labute approximate surface area is 149 Å². The Balaban J connectivity index is 2.89. The standard InChI is InChI=1S/C12H10Br4O4/c13-7(9(15)11(17)18)5-1-2-6(4-3-5)8(14)10(16)12(19)20/h1-4,7-10H,(H,17,18)(H,19,20)/t7-,8+,9-,10-/m1/s1. The summed E-state index contributed by atoms with van der Waals surface area (Å²) in [4.78, 5) is 19.6. The smallest absolute Gasteiger partial charge is 0.318 e. The second kappa shape index (κ2) is 7.91. The molecule has 110 valence electrons. The fraction of sp³-hybridized carbons (Fsp3) is 0.333. The third-order valence-corrected chi connectivity index (χ3v) is 7.93. The Morgan fingerprint density at radius 3 is 1.20 bits per heavy atom. The van der Waals surface area contributed by atoms with Crippen molar-refractivity contribution in [2.75, 3.05) is 0 Å². The van der Waals surface area contributed by atoms with Crippen LogP contribution in [0, 0.1) is 0 Å². The van der Waals surface area contributed by atoms with Gasteiger partial charge in [-0.25, -0.2) is 0 Å². The molecule has 0 heterocycles. The molecule has 0 bridgehead atoms. The molecule has 0 spiro atoms. The first-order valence-corrected chi connectivity index (χ1v) is 9.03. The van der Waals surface area contributed by atoms with E-state index in [1.165, 1.54) is 0 Å². The SMILES string of the molecule is O=C(O)[C@H](Br)[C@H](Br)c1ccc([C@H](Br)[C@@H](Br)C(=O)O)cc1. The zero-order valence-electron chi connectivity index (χ0n) is 9.84. The molecule has 20 heavy (non-hydrogen) atoms. The number of alkyl halides is 4. The van der Waals surface area contributed by atoms with E-state index in [4.69, 9.17) is 10.2 Å². The fourth-order valence-electron chi connectivity index (χ4n) is 1.45. The first-order chi connectivity index (χ1) is 9.25. The maximum atomic E-state index is 10.9. The van der Waals surface area contributed by atoms with Gasteiger partial charge in [0.05, 0.1) is 9.65 Å². The molecule has 0 saturated carbocycles. The molecule has 8 heteroatoms. The van der Waals surface area contributed by atoms with Crippen LogP contribution in [-0.2, 0) is 9.59 Å². The number of carboxylic acid groups (broad SMARTS) is 2. The minimum atomic E-state index is -0.958. The van der Waals surface area contributed by atoms with Gasteiger partial charge in [-0.2, -0.15) is 0 Å². The molecule has 0 saturated heterocycles. The maximum Gasteiger partial charge on any atom is 0.318 e. The highest BCUT2D eigenvalue weighted by Crippen LogP contribution is 2.35. The van der Waals surface area contributed by atoms with E-state index in [-0.39, 0.29) is 9.65 Å². The minimum absolute atomic E-state index is 0.373. The van der Waals surface area contributed by atoms with Crippen LogP contribution >= 0.6 is 63.7 Å². The van der Waals surface area contributed by atoms with Crippen LogP contribution in [0.1, 0.15) is 20.8 Å². The lowest BCUT2D eigenvalue weighted by Gasteiger charge is -2.16. The van der Waals surface area contributed by atoms with E-state index in [0.717, 1.165) is 11.1 Å². The van der Waals surface area contributed by atoms with Gasteiger partial charge >= 0.3 is 11.9 Å². The Morgan fingerprint density at radius 2 is 1.00 bits per heavy atom. The summed E-state index contributed by atoms with van der Waals surface area (Å²) in [5.41, 5.74) is 1.58. The molecule has 4 atom stereocenters. The van der Waals surface area contributed by atoms with Gasteiger partial charge in [-0.15, -0.1) is 0 Å². The average Bonchev–Trinajstić information content (AvgIpc) is 2.44. The van der Waals surface area contributed by atoms with Crippen LogP contribution in [0.25, 0.3) is 0 Å². The predicted molar refractivity (Wildman–Crippen MR) is 90.5 cm³/mol. The lowest BCUT2D eigenvalue weighted by Crippen LogP contribution is -2.19. The summed E-state index contributed by atoms with van der Waals surface area (Å²) in [5.74, 6) is -1.92.